The number of carbonyl (C=O) groups is 2. The minimum absolute atomic E-state index is 0.220. The monoisotopic (exact) mass is 427 g/mol. The molecule has 1 aromatic rings. The van der Waals surface area contributed by atoms with E-state index in [0.717, 1.165) is 12.1 Å². The van der Waals surface area contributed by atoms with Crippen molar-refractivity contribution in [3.05, 3.63) is 28.2 Å². The number of rotatable bonds is 5. The van der Waals surface area contributed by atoms with Gasteiger partial charge in [-0.1, -0.05) is 15.9 Å². The number of halogens is 4. The lowest BCUT2D eigenvalue weighted by molar-refractivity contribution is -0.274. The standard InChI is InChI=1S/C15H17BrF3NO5/c1-14(2,3)25-13(23)20-11(12(21)22)6-8-4-9(16)7-10(5-8)24-15(17,18)19/h4-5,7,11H,6H2,1-3H3,(H,20,23)(H,21,22). The van der Waals surface area contributed by atoms with Gasteiger partial charge in [0.15, 0.2) is 0 Å². The Balaban J connectivity index is 2.91. The molecule has 1 amide bonds. The molecule has 10 heteroatoms. The number of alkyl halides is 3. The Labute approximate surface area is 150 Å². The number of carboxylic acid groups (broad SMARTS) is 1. The Morgan fingerprint density at radius 3 is 2.32 bits per heavy atom. The van der Waals surface area contributed by atoms with Crippen LogP contribution < -0.4 is 10.1 Å². The lowest BCUT2D eigenvalue weighted by Gasteiger charge is -2.22. The first-order valence-corrected chi connectivity index (χ1v) is 7.82. The maximum atomic E-state index is 12.3. The first kappa shape index (κ1) is 21.1. The summed E-state index contributed by atoms with van der Waals surface area (Å²) >= 11 is 3.03. The molecule has 0 radical (unpaired) electrons. The quantitative estimate of drug-likeness (QED) is 0.744. The van der Waals surface area contributed by atoms with Crippen LogP contribution in [0.2, 0.25) is 0 Å². The van der Waals surface area contributed by atoms with E-state index in [0.29, 0.717) is 0 Å². The van der Waals surface area contributed by atoms with Gasteiger partial charge in [-0.05, 0) is 44.5 Å². The van der Waals surface area contributed by atoms with Crippen LogP contribution in [-0.2, 0) is 16.0 Å². The van der Waals surface area contributed by atoms with Crippen LogP contribution in [0, 0.1) is 0 Å². The fourth-order valence-corrected chi connectivity index (χ4v) is 2.34. The summed E-state index contributed by atoms with van der Waals surface area (Å²) in [6, 6.07) is 2.18. The van der Waals surface area contributed by atoms with Gasteiger partial charge in [0.1, 0.15) is 17.4 Å². The molecule has 0 aliphatic rings. The van der Waals surface area contributed by atoms with Crippen molar-refractivity contribution in [2.75, 3.05) is 0 Å². The molecule has 0 aliphatic heterocycles. The van der Waals surface area contributed by atoms with E-state index in [1.165, 1.54) is 6.07 Å². The van der Waals surface area contributed by atoms with Gasteiger partial charge >= 0.3 is 18.4 Å². The molecular formula is C15H17BrF3NO5. The van der Waals surface area contributed by atoms with Crippen LogP contribution in [0.25, 0.3) is 0 Å². The normalized spacial score (nSPS) is 13.1. The van der Waals surface area contributed by atoms with Gasteiger partial charge in [0.05, 0.1) is 0 Å². The molecular weight excluding hydrogens is 411 g/mol. The first-order valence-electron chi connectivity index (χ1n) is 7.03. The number of carboxylic acids is 1. The lowest BCUT2D eigenvalue weighted by Crippen LogP contribution is -2.44. The van der Waals surface area contributed by atoms with Crippen LogP contribution >= 0.6 is 15.9 Å². The highest BCUT2D eigenvalue weighted by Crippen LogP contribution is 2.27. The summed E-state index contributed by atoms with van der Waals surface area (Å²) in [5.41, 5.74) is -0.603. The van der Waals surface area contributed by atoms with Gasteiger partial charge in [-0.25, -0.2) is 9.59 Å². The third kappa shape index (κ3) is 8.62. The van der Waals surface area contributed by atoms with Crippen LogP contribution in [-0.4, -0.2) is 35.2 Å². The summed E-state index contributed by atoms with van der Waals surface area (Å²) in [4.78, 5) is 23.0. The van der Waals surface area contributed by atoms with Gasteiger partial charge in [-0.15, -0.1) is 13.2 Å². The highest BCUT2D eigenvalue weighted by atomic mass is 79.9. The SMILES string of the molecule is CC(C)(C)OC(=O)NC(Cc1cc(Br)cc(OC(F)(F)F)c1)C(=O)O. The Morgan fingerprint density at radius 2 is 1.84 bits per heavy atom. The van der Waals surface area contributed by atoms with Gasteiger partial charge < -0.3 is 19.9 Å². The second-order valence-electron chi connectivity index (χ2n) is 6.08. The molecule has 0 fully saturated rings. The van der Waals surface area contributed by atoms with Gasteiger partial charge in [0.2, 0.25) is 0 Å². The molecule has 0 spiro atoms. The zero-order chi connectivity index (χ0) is 19.4. The van der Waals surface area contributed by atoms with Crippen molar-refractivity contribution in [3.63, 3.8) is 0 Å². The van der Waals surface area contributed by atoms with Crippen molar-refractivity contribution in [2.24, 2.45) is 0 Å². The molecule has 0 aliphatic carbocycles. The van der Waals surface area contributed by atoms with E-state index in [1.54, 1.807) is 20.8 Å². The zero-order valence-electron chi connectivity index (χ0n) is 13.6. The van der Waals surface area contributed by atoms with Crippen LogP contribution in [0.3, 0.4) is 0 Å². The number of nitrogens with one attached hydrogen (secondary N) is 1. The largest absolute Gasteiger partial charge is 0.573 e. The van der Waals surface area contributed by atoms with Gasteiger partial charge in [-0.2, -0.15) is 0 Å². The predicted octanol–water partition coefficient (Wildman–Crippen LogP) is 3.87. The number of ether oxygens (including phenoxy) is 2. The topological polar surface area (TPSA) is 84.9 Å². The molecule has 1 unspecified atom stereocenters. The summed E-state index contributed by atoms with van der Waals surface area (Å²) in [6.07, 6.45) is -6.08. The van der Waals surface area contributed by atoms with Gasteiger partial charge in [0, 0.05) is 10.9 Å². The van der Waals surface area contributed by atoms with E-state index in [4.69, 9.17) is 4.74 Å². The van der Waals surface area contributed by atoms with Gasteiger partial charge in [-0.3, -0.25) is 0 Å². The second kappa shape index (κ2) is 7.94. The summed E-state index contributed by atoms with van der Waals surface area (Å²) < 4.78 is 46.0. The number of benzene rings is 1. The average molecular weight is 428 g/mol. The molecule has 1 rings (SSSR count). The van der Waals surface area contributed by atoms with Crippen molar-refractivity contribution < 1.29 is 37.3 Å². The molecule has 140 valence electrons. The summed E-state index contributed by atoms with van der Waals surface area (Å²) in [5, 5.41) is 11.4. The van der Waals surface area contributed by atoms with E-state index in [-0.39, 0.29) is 16.5 Å². The Morgan fingerprint density at radius 1 is 1.24 bits per heavy atom. The maximum Gasteiger partial charge on any atom is 0.573 e. The molecule has 0 bridgehead atoms. The fourth-order valence-electron chi connectivity index (χ4n) is 1.82. The molecule has 1 aromatic carbocycles. The highest BCUT2D eigenvalue weighted by Gasteiger charge is 2.31. The molecule has 6 nitrogen and oxygen atoms in total. The van der Waals surface area contributed by atoms with Crippen LogP contribution in [0.4, 0.5) is 18.0 Å². The smallest absolute Gasteiger partial charge is 0.480 e. The number of hydrogen-bond donors (Lipinski definition) is 2. The van der Waals surface area contributed by atoms with Crippen molar-refractivity contribution >= 4 is 28.0 Å². The minimum atomic E-state index is -4.88. The fraction of sp³-hybridized carbons (Fsp3) is 0.467. The number of hydrogen-bond acceptors (Lipinski definition) is 4. The zero-order valence-corrected chi connectivity index (χ0v) is 15.2. The van der Waals surface area contributed by atoms with Crippen molar-refractivity contribution in [2.45, 2.75) is 45.2 Å². The molecule has 0 heterocycles. The number of carbonyl (C=O) groups excluding carboxylic acids is 1. The molecule has 0 saturated heterocycles. The number of alkyl carbamates (subject to hydrolysis) is 1. The first-order chi connectivity index (χ1) is 11.2. The van der Waals surface area contributed by atoms with Gasteiger partial charge in [0.25, 0.3) is 0 Å². The molecule has 0 saturated carbocycles. The third-order valence-electron chi connectivity index (χ3n) is 2.59. The number of amides is 1. The Kier molecular flexibility index (Phi) is 6.69. The van der Waals surface area contributed by atoms with Crippen molar-refractivity contribution in [3.8, 4) is 5.75 Å². The lowest BCUT2D eigenvalue weighted by atomic mass is 10.1. The van der Waals surface area contributed by atoms with E-state index < -0.39 is 35.8 Å². The molecule has 25 heavy (non-hydrogen) atoms. The second-order valence-corrected chi connectivity index (χ2v) is 7.00. The minimum Gasteiger partial charge on any atom is -0.480 e. The molecule has 1 atom stereocenters. The summed E-state index contributed by atoms with van der Waals surface area (Å²) in [5.74, 6) is -1.86. The average Bonchev–Trinajstić information content (AvgIpc) is 2.32. The van der Waals surface area contributed by atoms with Crippen molar-refractivity contribution in [1.82, 2.24) is 5.32 Å². The van der Waals surface area contributed by atoms with E-state index in [1.807, 2.05) is 0 Å². The summed E-state index contributed by atoms with van der Waals surface area (Å²) in [7, 11) is 0. The summed E-state index contributed by atoms with van der Waals surface area (Å²) in [6.45, 7) is 4.83. The van der Waals surface area contributed by atoms with Crippen LogP contribution in [0.15, 0.2) is 22.7 Å². The third-order valence-corrected chi connectivity index (χ3v) is 3.05. The van der Waals surface area contributed by atoms with E-state index in [9.17, 15) is 27.9 Å². The predicted molar refractivity (Wildman–Crippen MR) is 85.3 cm³/mol. The molecule has 0 aromatic heterocycles. The Hall–Kier alpha value is -1.97. The van der Waals surface area contributed by atoms with E-state index in [2.05, 4.69) is 26.0 Å². The van der Waals surface area contributed by atoms with Crippen LogP contribution in [0.1, 0.15) is 26.3 Å². The van der Waals surface area contributed by atoms with Crippen LogP contribution in [0.5, 0.6) is 5.75 Å². The molecule has 2 N–H and O–H groups in total. The van der Waals surface area contributed by atoms with E-state index >= 15 is 0 Å². The van der Waals surface area contributed by atoms with Crippen molar-refractivity contribution in [1.29, 1.82) is 0 Å². The Bertz CT molecular complexity index is 643. The maximum absolute atomic E-state index is 12.3. The highest BCUT2D eigenvalue weighted by molar-refractivity contribution is 9.10. The number of aliphatic carboxylic acids is 1.